The summed E-state index contributed by atoms with van der Waals surface area (Å²) in [6.07, 6.45) is 5.84. The van der Waals surface area contributed by atoms with E-state index in [1.165, 1.54) is 23.1 Å². The van der Waals surface area contributed by atoms with Crippen molar-refractivity contribution in [2.24, 2.45) is 5.92 Å². The minimum atomic E-state index is -2.08. The summed E-state index contributed by atoms with van der Waals surface area (Å²) < 4.78 is 7.27. The van der Waals surface area contributed by atoms with Gasteiger partial charge in [-0.1, -0.05) is 78.9 Å². The molecule has 5 aromatic rings. The van der Waals surface area contributed by atoms with E-state index in [2.05, 4.69) is 10.3 Å². The molecule has 0 spiro atoms. The van der Waals surface area contributed by atoms with E-state index in [4.69, 9.17) is 4.74 Å². The molecule has 0 saturated carbocycles. The highest BCUT2D eigenvalue weighted by molar-refractivity contribution is 6.07. The first-order valence-electron chi connectivity index (χ1n) is 16.9. The lowest BCUT2D eigenvalue weighted by Crippen LogP contribution is -2.44. The quantitative estimate of drug-likeness (QED) is 0.0988. The molecule has 1 aromatic heterocycles. The molecule has 0 aliphatic carbocycles. The summed E-state index contributed by atoms with van der Waals surface area (Å²) in [4.78, 5) is 41.4. The molecule has 2 amide bonds. The average molecular weight is 701 g/mol. The normalized spacial score (nSPS) is 17.9. The standard InChI is InChI=1S/C39H36N6O7/c1-26(10-7-8-19-42-23-33(40-41-42)31(24-46)28-12-3-2-4-13-28)39(49)32-21-30(45(50)51)17-18-34(32)43(38(39)48)22-27-11-9-14-29(20-27)44-35-15-5-6-16-36(35)52-25-37(44)47/h2-7,9-18,20-21,23,26,31,46,49H,8,19,22,24-25H2,1H3/b10-7+/t26-,31?,39+/m0/s1. The van der Waals surface area contributed by atoms with Gasteiger partial charge in [-0.05, 0) is 47.9 Å². The lowest BCUT2D eigenvalue weighted by molar-refractivity contribution is -0.385. The highest BCUT2D eigenvalue weighted by atomic mass is 16.6. The summed E-state index contributed by atoms with van der Waals surface area (Å²) in [6, 6.07) is 28.1. The zero-order chi connectivity index (χ0) is 36.4. The number of fused-ring (bicyclic) bond motifs is 2. The summed E-state index contributed by atoms with van der Waals surface area (Å²) in [6.45, 7) is 1.96. The molecule has 0 fully saturated rings. The highest BCUT2D eigenvalue weighted by Gasteiger charge is 2.53. The van der Waals surface area contributed by atoms with Crippen LogP contribution in [0, 0.1) is 16.0 Å². The second-order valence-corrected chi connectivity index (χ2v) is 12.8. The number of anilines is 3. The first-order chi connectivity index (χ1) is 25.2. The van der Waals surface area contributed by atoms with Gasteiger partial charge in [0.15, 0.2) is 12.2 Å². The van der Waals surface area contributed by atoms with Crippen LogP contribution in [0.1, 0.15) is 41.6 Å². The number of aromatic nitrogens is 3. The third kappa shape index (κ3) is 6.31. The predicted octanol–water partition coefficient (Wildman–Crippen LogP) is 5.38. The van der Waals surface area contributed by atoms with Crippen molar-refractivity contribution >= 4 is 34.6 Å². The number of nitrogens with zero attached hydrogens (tertiary/aromatic N) is 6. The molecule has 13 nitrogen and oxygen atoms in total. The van der Waals surface area contributed by atoms with Crippen molar-refractivity contribution in [3.05, 3.63) is 148 Å². The van der Waals surface area contributed by atoms with Crippen LogP contribution >= 0.6 is 0 Å². The molecule has 7 rings (SSSR count). The van der Waals surface area contributed by atoms with Crippen molar-refractivity contribution in [1.82, 2.24) is 15.0 Å². The molecule has 52 heavy (non-hydrogen) atoms. The molecule has 0 bridgehead atoms. The van der Waals surface area contributed by atoms with Crippen LogP contribution in [0.15, 0.2) is 115 Å². The number of aryl methyl sites for hydroxylation is 1. The smallest absolute Gasteiger partial charge is 0.269 e. The van der Waals surface area contributed by atoms with E-state index in [0.29, 0.717) is 47.0 Å². The largest absolute Gasteiger partial charge is 0.482 e. The highest BCUT2D eigenvalue weighted by Crippen LogP contribution is 2.47. The Morgan fingerprint density at radius 2 is 1.79 bits per heavy atom. The van der Waals surface area contributed by atoms with E-state index in [1.807, 2.05) is 54.6 Å². The van der Waals surface area contributed by atoms with Gasteiger partial charge in [-0.25, -0.2) is 0 Å². The van der Waals surface area contributed by atoms with Gasteiger partial charge in [0.05, 0.1) is 41.1 Å². The summed E-state index contributed by atoms with van der Waals surface area (Å²) in [5, 5.41) is 42.4. The Hall–Kier alpha value is -6.18. The number of allylic oxidation sites excluding steroid dienone is 1. The van der Waals surface area contributed by atoms with Crippen molar-refractivity contribution in [1.29, 1.82) is 0 Å². The van der Waals surface area contributed by atoms with Gasteiger partial charge in [-0.2, -0.15) is 0 Å². The molecule has 3 atom stereocenters. The van der Waals surface area contributed by atoms with E-state index < -0.39 is 22.3 Å². The summed E-state index contributed by atoms with van der Waals surface area (Å²) in [5.74, 6) is -1.35. The van der Waals surface area contributed by atoms with Crippen molar-refractivity contribution in [2.45, 2.75) is 38.0 Å². The number of aliphatic hydroxyl groups is 2. The van der Waals surface area contributed by atoms with Gasteiger partial charge in [0, 0.05) is 42.0 Å². The van der Waals surface area contributed by atoms with Crippen molar-refractivity contribution < 1.29 is 29.5 Å². The molecule has 2 aliphatic heterocycles. The molecule has 2 N–H and O–H groups in total. The molecular weight excluding hydrogens is 664 g/mol. The van der Waals surface area contributed by atoms with Gasteiger partial charge >= 0.3 is 0 Å². The van der Waals surface area contributed by atoms with E-state index in [1.54, 1.807) is 59.1 Å². The Kier molecular flexibility index (Phi) is 9.37. The number of carbonyl (C=O) groups is 2. The van der Waals surface area contributed by atoms with Crippen LogP contribution < -0.4 is 14.5 Å². The summed E-state index contributed by atoms with van der Waals surface area (Å²) in [7, 11) is 0. The number of para-hydroxylation sites is 2. The first kappa shape index (κ1) is 34.3. The molecule has 264 valence electrons. The maximum Gasteiger partial charge on any atom is 0.269 e. The number of aliphatic hydroxyl groups excluding tert-OH is 1. The molecule has 0 radical (unpaired) electrons. The number of nitro groups is 1. The van der Waals surface area contributed by atoms with Crippen LogP contribution in [-0.2, 0) is 28.3 Å². The van der Waals surface area contributed by atoms with Crippen LogP contribution in [0.4, 0.5) is 22.7 Å². The third-order valence-corrected chi connectivity index (χ3v) is 9.59. The Labute approximate surface area is 299 Å². The van der Waals surface area contributed by atoms with Crippen molar-refractivity contribution in [3.63, 3.8) is 0 Å². The monoisotopic (exact) mass is 700 g/mol. The number of benzene rings is 4. The van der Waals surface area contributed by atoms with Gasteiger partial charge in [0.1, 0.15) is 5.75 Å². The number of rotatable bonds is 12. The van der Waals surface area contributed by atoms with Gasteiger partial charge in [0.25, 0.3) is 17.5 Å². The van der Waals surface area contributed by atoms with E-state index in [9.17, 15) is 29.9 Å². The molecule has 3 heterocycles. The number of hydrogen-bond acceptors (Lipinski definition) is 9. The lowest BCUT2D eigenvalue weighted by atomic mass is 9.82. The number of carbonyl (C=O) groups excluding carboxylic acids is 2. The summed E-state index contributed by atoms with van der Waals surface area (Å²) in [5.41, 5.74) is 1.63. The zero-order valence-corrected chi connectivity index (χ0v) is 28.3. The van der Waals surface area contributed by atoms with Crippen molar-refractivity contribution in [2.75, 3.05) is 23.0 Å². The second kappa shape index (κ2) is 14.2. The third-order valence-electron chi connectivity index (χ3n) is 9.59. The van der Waals surface area contributed by atoms with Crippen LogP contribution in [0.3, 0.4) is 0 Å². The van der Waals surface area contributed by atoms with Crippen LogP contribution in [-0.4, -0.2) is 55.2 Å². The molecule has 13 heteroatoms. The average Bonchev–Trinajstić information content (AvgIpc) is 3.71. The number of amides is 2. The maximum absolute atomic E-state index is 14.2. The first-order valence-corrected chi connectivity index (χ1v) is 16.9. The molecular formula is C39H36N6O7. The van der Waals surface area contributed by atoms with E-state index >= 15 is 0 Å². The fourth-order valence-corrected chi connectivity index (χ4v) is 6.85. The minimum Gasteiger partial charge on any atom is -0.482 e. The molecule has 0 saturated heterocycles. The second-order valence-electron chi connectivity index (χ2n) is 12.8. The van der Waals surface area contributed by atoms with Gasteiger partial charge in [-0.15, -0.1) is 5.10 Å². The Morgan fingerprint density at radius 1 is 1.00 bits per heavy atom. The number of ether oxygens (including phenoxy) is 1. The Balaban J connectivity index is 1.10. The van der Waals surface area contributed by atoms with Gasteiger partial charge in [0.2, 0.25) is 0 Å². The van der Waals surface area contributed by atoms with Crippen LogP contribution in [0.2, 0.25) is 0 Å². The number of nitro benzene ring substituents is 1. The fraction of sp³-hybridized carbons (Fsp3) is 0.231. The molecule has 1 unspecified atom stereocenters. The molecule has 4 aromatic carbocycles. The summed E-state index contributed by atoms with van der Waals surface area (Å²) >= 11 is 0. The Bertz CT molecular complexity index is 2170. The SMILES string of the molecule is C[C@@H](/C=C/CCn1cc(C(CO)c2ccccc2)nn1)[C@]1(O)C(=O)N(Cc2cccc(N3C(=O)COc4ccccc43)c2)c2ccc([N+](=O)[O-])cc21. The predicted molar refractivity (Wildman–Crippen MR) is 192 cm³/mol. The van der Waals surface area contributed by atoms with Crippen molar-refractivity contribution in [3.8, 4) is 5.75 Å². The van der Waals surface area contributed by atoms with Crippen LogP contribution in [0.25, 0.3) is 0 Å². The minimum absolute atomic E-state index is 0.0445. The van der Waals surface area contributed by atoms with E-state index in [0.717, 1.165) is 5.56 Å². The topological polar surface area (TPSA) is 164 Å². The fourth-order valence-electron chi connectivity index (χ4n) is 6.85. The van der Waals surface area contributed by atoms with E-state index in [-0.39, 0.29) is 42.8 Å². The van der Waals surface area contributed by atoms with Crippen LogP contribution in [0.5, 0.6) is 5.75 Å². The number of non-ortho nitro benzene ring substituents is 1. The number of hydrogen-bond donors (Lipinski definition) is 2. The maximum atomic E-state index is 14.2. The Morgan fingerprint density at radius 3 is 2.58 bits per heavy atom. The van der Waals surface area contributed by atoms with Gasteiger partial charge in [-0.3, -0.25) is 29.3 Å². The zero-order valence-electron chi connectivity index (χ0n) is 28.3. The van der Waals surface area contributed by atoms with Gasteiger partial charge < -0.3 is 19.8 Å². The molecule has 2 aliphatic rings. The lowest BCUT2D eigenvalue weighted by Gasteiger charge is -2.30.